The smallest absolute Gasteiger partial charge is 0.192 e. The van der Waals surface area contributed by atoms with Crippen LogP contribution in [0.4, 0.5) is 0 Å². The molecule has 3 heteroatoms. The highest BCUT2D eigenvalue weighted by molar-refractivity contribution is 6.74. The maximum atomic E-state index is 9.35. The van der Waals surface area contributed by atoms with Crippen molar-refractivity contribution in [3.63, 3.8) is 0 Å². The number of rotatable bonds is 6. The van der Waals surface area contributed by atoms with E-state index in [0.29, 0.717) is 23.5 Å². The van der Waals surface area contributed by atoms with Gasteiger partial charge in [0.2, 0.25) is 0 Å². The molecule has 0 aliphatic heterocycles. The minimum absolute atomic E-state index is 0.281. The molecule has 33 heavy (non-hydrogen) atoms. The molecule has 0 spiro atoms. The average molecular weight is 473 g/mol. The van der Waals surface area contributed by atoms with Gasteiger partial charge >= 0.3 is 0 Å². The van der Waals surface area contributed by atoms with Gasteiger partial charge < -0.3 is 9.53 Å². The van der Waals surface area contributed by atoms with Gasteiger partial charge in [-0.25, -0.2) is 0 Å². The van der Waals surface area contributed by atoms with Crippen molar-refractivity contribution in [2.75, 3.05) is 6.61 Å². The zero-order valence-electron chi connectivity index (χ0n) is 23.0. The van der Waals surface area contributed by atoms with E-state index in [1.807, 2.05) is 0 Å². The van der Waals surface area contributed by atoms with Crippen LogP contribution in [0.2, 0.25) is 18.1 Å². The number of hydrogen-bond acceptors (Lipinski definition) is 2. The van der Waals surface area contributed by atoms with Crippen molar-refractivity contribution in [3.8, 4) is 0 Å². The lowest BCUT2D eigenvalue weighted by Crippen LogP contribution is -2.49. The van der Waals surface area contributed by atoms with E-state index in [2.05, 4.69) is 66.8 Å². The van der Waals surface area contributed by atoms with Gasteiger partial charge in [-0.15, -0.1) is 0 Å². The minimum Gasteiger partial charge on any atom is -0.414 e. The van der Waals surface area contributed by atoms with Crippen molar-refractivity contribution < 1.29 is 9.53 Å². The topological polar surface area (TPSA) is 29.5 Å². The van der Waals surface area contributed by atoms with Gasteiger partial charge in [-0.05, 0) is 110 Å². The highest BCUT2D eigenvalue weighted by Gasteiger charge is 2.57. The van der Waals surface area contributed by atoms with Gasteiger partial charge in [0.05, 0.1) is 0 Å². The summed E-state index contributed by atoms with van der Waals surface area (Å²) in [4.78, 5) is 0. The third kappa shape index (κ3) is 4.38. The summed E-state index contributed by atoms with van der Waals surface area (Å²) in [5.41, 5.74) is 4.29. The molecule has 0 bridgehead atoms. The van der Waals surface area contributed by atoms with E-state index in [0.717, 1.165) is 36.5 Å². The lowest BCUT2D eigenvalue weighted by Gasteiger charge is -2.56. The van der Waals surface area contributed by atoms with E-state index in [1.165, 1.54) is 44.9 Å². The summed E-state index contributed by atoms with van der Waals surface area (Å²) in [6.07, 6.45) is 16.9. The number of aliphatic hydroxyl groups excluding tert-OH is 1. The number of hydrogen-bond donors (Lipinski definition) is 1. The van der Waals surface area contributed by atoms with Crippen LogP contribution in [-0.2, 0) is 4.43 Å². The Bertz CT molecular complexity index is 790. The SMILES string of the molecule is C[C@H](CCCO)[C@H]1CC[C@H]2C3=CC=C4C[C@@H](O[Si](C)(C)C(C)(C)C)CC[C@]4(C)[C@H]3CC[C@]12C. The third-order valence-electron chi connectivity index (χ3n) is 11.4. The molecule has 0 aromatic rings. The first-order valence-corrected chi connectivity index (χ1v) is 16.9. The minimum atomic E-state index is -1.72. The summed E-state index contributed by atoms with van der Waals surface area (Å²) >= 11 is 0. The van der Waals surface area contributed by atoms with Crippen molar-refractivity contribution in [2.24, 2.45) is 34.5 Å². The molecule has 0 aromatic carbocycles. The molecule has 3 saturated carbocycles. The Morgan fingerprint density at radius 3 is 2.45 bits per heavy atom. The fraction of sp³-hybridized carbons (Fsp3) is 0.867. The summed E-state index contributed by atoms with van der Waals surface area (Å²) < 4.78 is 6.89. The predicted octanol–water partition coefficient (Wildman–Crippen LogP) is 8.28. The largest absolute Gasteiger partial charge is 0.414 e. The molecule has 7 atom stereocenters. The van der Waals surface area contributed by atoms with Crippen LogP contribution >= 0.6 is 0 Å². The van der Waals surface area contributed by atoms with E-state index in [9.17, 15) is 5.11 Å². The second-order valence-corrected chi connectivity index (χ2v) is 19.0. The van der Waals surface area contributed by atoms with Crippen LogP contribution in [-0.4, -0.2) is 26.1 Å². The fourth-order valence-electron chi connectivity index (χ4n) is 8.25. The lowest BCUT2D eigenvalue weighted by atomic mass is 9.50. The molecule has 0 heterocycles. The zero-order valence-corrected chi connectivity index (χ0v) is 24.0. The Morgan fingerprint density at radius 2 is 1.79 bits per heavy atom. The van der Waals surface area contributed by atoms with E-state index in [4.69, 9.17) is 4.43 Å². The summed E-state index contributed by atoms with van der Waals surface area (Å²) in [6.45, 7) is 19.9. The summed E-state index contributed by atoms with van der Waals surface area (Å²) in [5.74, 6) is 3.07. The van der Waals surface area contributed by atoms with Crippen LogP contribution in [0.3, 0.4) is 0 Å². The van der Waals surface area contributed by atoms with E-state index in [1.54, 1.807) is 11.1 Å². The number of aliphatic hydroxyl groups is 1. The molecule has 0 unspecified atom stereocenters. The van der Waals surface area contributed by atoms with Crippen LogP contribution < -0.4 is 0 Å². The van der Waals surface area contributed by atoms with Crippen molar-refractivity contribution in [3.05, 3.63) is 23.3 Å². The monoisotopic (exact) mass is 472 g/mol. The van der Waals surface area contributed by atoms with Gasteiger partial charge in [-0.3, -0.25) is 0 Å². The predicted molar refractivity (Wildman–Crippen MR) is 143 cm³/mol. The van der Waals surface area contributed by atoms with Gasteiger partial charge in [0.1, 0.15) is 0 Å². The quantitative estimate of drug-likeness (QED) is 0.394. The first-order valence-electron chi connectivity index (χ1n) is 14.0. The van der Waals surface area contributed by atoms with Crippen LogP contribution in [0.5, 0.6) is 0 Å². The van der Waals surface area contributed by atoms with Crippen LogP contribution in [0.1, 0.15) is 99.3 Å². The second kappa shape index (κ2) is 8.93. The first kappa shape index (κ1) is 25.7. The van der Waals surface area contributed by atoms with Gasteiger partial charge in [-0.1, -0.05) is 64.8 Å². The Hall–Kier alpha value is -0.383. The number of allylic oxidation sites excluding steroid dienone is 3. The maximum absolute atomic E-state index is 9.35. The lowest BCUT2D eigenvalue weighted by molar-refractivity contribution is 0.0337. The Balaban J connectivity index is 1.53. The molecule has 3 fully saturated rings. The molecule has 0 aromatic heterocycles. The summed E-state index contributed by atoms with van der Waals surface area (Å²) in [6, 6.07) is 0. The van der Waals surface area contributed by atoms with Crippen LogP contribution in [0, 0.1) is 34.5 Å². The highest BCUT2D eigenvalue weighted by Crippen LogP contribution is 2.66. The molecule has 0 amide bonds. The molecule has 188 valence electrons. The normalized spacial score (nSPS) is 39.8. The summed E-state index contributed by atoms with van der Waals surface area (Å²) in [7, 11) is -1.72. The summed E-state index contributed by atoms with van der Waals surface area (Å²) in [5, 5.41) is 9.63. The van der Waals surface area contributed by atoms with Crippen molar-refractivity contribution >= 4 is 8.32 Å². The first-order chi connectivity index (χ1) is 15.3. The molecule has 2 nitrogen and oxygen atoms in total. The molecule has 0 saturated heterocycles. The molecule has 4 aliphatic rings. The molecule has 1 N–H and O–H groups in total. The Labute approximate surface area is 205 Å². The second-order valence-electron chi connectivity index (χ2n) is 14.2. The number of fused-ring (bicyclic) bond motifs is 5. The Kier molecular flexibility index (Phi) is 6.95. The molecule has 4 aliphatic carbocycles. The standard InChI is InChI=1S/C30H52O2Si/c1-21(10-9-19-31)25-13-14-26-24-12-11-22-20-23(32-33(7,8)28(2,3)4)15-17-29(22,5)27(24)16-18-30(25,26)6/h11-12,21,23,25-27,31H,9-10,13-20H2,1-8H3/t21-,23+,25-,26+,27+,29+,30-/m1/s1. The van der Waals surface area contributed by atoms with Crippen LogP contribution in [0.15, 0.2) is 23.3 Å². The van der Waals surface area contributed by atoms with Gasteiger partial charge in [0, 0.05) is 12.7 Å². The molecule has 0 radical (unpaired) electrons. The molecular weight excluding hydrogens is 420 g/mol. The third-order valence-corrected chi connectivity index (χ3v) is 15.9. The van der Waals surface area contributed by atoms with E-state index < -0.39 is 8.32 Å². The van der Waals surface area contributed by atoms with Gasteiger partial charge in [-0.2, -0.15) is 0 Å². The fourth-order valence-corrected chi connectivity index (χ4v) is 9.64. The zero-order chi connectivity index (χ0) is 24.2. The van der Waals surface area contributed by atoms with E-state index in [-0.39, 0.29) is 5.04 Å². The Morgan fingerprint density at radius 1 is 1.06 bits per heavy atom. The van der Waals surface area contributed by atoms with Crippen molar-refractivity contribution in [1.29, 1.82) is 0 Å². The molecule has 4 rings (SSSR count). The molecular formula is C30H52O2Si. The average Bonchev–Trinajstić information content (AvgIpc) is 3.08. The van der Waals surface area contributed by atoms with Gasteiger partial charge in [0.25, 0.3) is 0 Å². The maximum Gasteiger partial charge on any atom is 0.192 e. The van der Waals surface area contributed by atoms with Gasteiger partial charge in [0.15, 0.2) is 8.32 Å². The van der Waals surface area contributed by atoms with Crippen LogP contribution in [0.25, 0.3) is 0 Å². The van der Waals surface area contributed by atoms with Crippen molar-refractivity contribution in [2.45, 2.75) is 124 Å². The van der Waals surface area contributed by atoms with Crippen molar-refractivity contribution in [1.82, 2.24) is 0 Å². The van der Waals surface area contributed by atoms with E-state index >= 15 is 0 Å². The highest BCUT2D eigenvalue weighted by atomic mass is 28.4.